The molecule has 2 rings (SSSR count). The quantitative estimate of drug-likeness (QED) is 0.706. The Bertz CT molecular complexity index is 321. The van der Waals surface area contributed by atoms with Crippen LogP contribution in [0.15, 0.2) is 0 Å². The molecule has 1 aliphatic heterocycles. The van der Waals surface area contributed by atoms with Gasteiger partial charge in [-0.2, -0.15) is 4.31 Å². The van der Waals surface area contributed by atoms with Gasteiger partial charge < -0.3 is 10.1 Å². The van der Waals surface area contributed by atoms with Crippen molar-refractivity contribution in [2.24, 2.45) is 0 Å². The zero-order valence-electron chi connectivity index (χ0n) is 9.68. The second kappa shape index (κ2) is 5.00. The Morgan fingerprint density at radius 1 is 1.38 bits per heavy atom. The van der Waals surface area contributed by atoms with Gasteiger partial charge in [-0.05, 0) is 19.3 Å². The van der Waals surface area contributed by atoms with Crippen molar-refractivity contribution in [2.45, 2.75) is 31.3 Å². The third-order valence-electron chi connectivity index (χ3n) is 3.23. The molecule has 1 N–H and O–H groups in total. The molecule has 0 amide bonds. The smallest absolute Gasteiger partial charge is 0.215 e. The van der Waals surface area contributed by atoms with E-state index in [9.17, 15) is 8.42 Å². The Morgan fingerprint density at radius 3 is 2.69 bits per heavy atom. The summed E-state index contributed by atoms with van der Waals surface area (Å²) in [5, 5.41) is 3.22. The number of nitrogens with zero attached hydrogens (tertiary/aromatic N) is 1. The van der Waals surface area contributed by atoms with Gasteiger partial charge in [-0.3, -0.25) is 0 Å². The van der Waals surface area contributed by atoms with Gasteiger partial charge in [0.2, 0.25) is 10.0 Å². The molecule has 6 heteroatoms. The Morgan fingerprint density at radius 2 is 2.12 bits per heavy atom. The molecular weight excluding hydrogens is 228 g/mol. The Hall–Kier alpha value is -0.170. The summed E-state index contributed by atoms with van der Waals surface area (Å²) in [5.41, 5.74) is 0. The van der Waals surface area contributed by atoms with E-state index in [1.54, 1.807) is 7.05 Å². The first-order valence-corrected chi connectivity index (χ1v) is 7.47. The number of hydrogen-bond acceptors (Lipinski definition) is 4. The van der Waals surface area contributed by atoms with Gasteiger partial charge in [0.1, 0.15) is 0 Å². The van der Waals surface area contributed by atoms with E-state index < -0.39 is 10.0 Å². The minimum absolute atomic E-state index is 0.0333. The molecular formula is C10H20N2O3S. The Kier molecular flexibility index (Phi) is 3.84. The lowest BCUT2D eigenvalue weighted by Gasteiger charge is -2.22. The van der Waals surface area contributed by atoms with Crippen molar-refractivity contribution in [2.75, 3.05) is 32.6 Å². The molecule has 1 heterocycles. The summed E-state index contributed by atoms with van der Waals surface area (Å²) in [5.74, 6) is 0.191. The van der Waals surface area contributed by atoms with E-state index in [0.29, 0.717) is 25.8 Å². The summed E-state index contributed by atoms with van der Waals surface area (Å²) in [6.07, 6.45) is 3.19. The second-order valence-corrected chi connectivity index (χ2v) is 6.73. The van der Waals surface area contributed by atoms with Gasteiger partial charge in [-0.25, -0.2) is 8.42 Å². The van der Waals surface area contributed by atoms with Crippen molar-refractivity contribution in [3.63, 3.8) is 0 Å². The number of ether oxygens (including phenoxy) is 1. The van der Waals surface area contributed by atoms with Crippen LogP contribution in [0, 0.1) is 0 Å². The van der Waals surface area contributed by atoms with Crippen LogP contribution in [0.5, 0.6) is 0 Å². The molecule has 1 saturated carbocycles. The predicted molar refractivity (Wildman–Crippen MR) is 61.8 cm³/mol. The van der Waals surface area contributed by atoms with E-state index in [2.05, 4.69) is 5.32 Å². The highest BCUT2D eigenvalue weighted by molar-refractivity contribution is 7.89. The molecule has 94 valence electrons. The van der Waals surface area contributed by atoms with Crippen LogP contribution in [-0.2, 0) is 14.8 Å². The van der Waals surface area contributed by atoms with Gasteiger partial charge >= 0.3 is 0 Å². The van der Waals surface area contributed by atoms with Gasteiger partial charge in [-0.1, -0.05) is 0 Å². The highest BCUT2D eigenvalue weighted by Gasteiger charge is 2.29. The molecule has 5 nitrogen and oxygen atoms in total. The van der Waals surface area contributed by atoms with Crippen LogP contribution in [0.25, 0.3) is 0 Å². The summed E-state index contributed by atoms with van der Waals surface area (Å²) in [4.78, 5) is 0. The molecule has 1 unspecified atom stereocenters. The average molecular weight is 248 g/mol. The van der Waals surface area contributed by atoms with Crippen molar-refractivity contribution >= 4 is 10.0 Å². The van der Waals surface area contributed by atoms with Crippen molar-refractivity contribution in [3.05, 3.63) is 0 Å². The molecule has 0 spiro atoms. The van der Waals surface area contributed by atoms with Crippen molar-refractivity contribution < 1.29 is 13.2 Å². The van der Waals surface area contributed by atoms with Crippen molar-refractivity contribution in [3.8, 4) is 0 Å². The summed E-state index contributed by atoms with van der Waals surface area (Å²) in [6.45, 7) is 1.77. The molecule has 1 aliphatic carbocycles. The van der Waals surface area contributed by atoms with Gasteiger partial charge in [-0.15, -0.1) is 0 Å². The van der Waals surface area contributed by atoms with Crippen molar-refractivity contribution in [1.82, 2.24) is 9.62 Å². The van der Waals surface area contributed by atoms with E-state index >= 15 is 0 Å². The van der Waals surface area contributed by atoms with Gasteiger partial charge in [0.05, 0.1) is 18.4 Å². The number of likely N-dealkylation sites (N-methyl/N-ethyl adjacent to an activating group) is 1. The largest absolute Gasteiger partial charge is 0.380 e. The minimum atomic E-state index is -3.12. The monoisotopic (exact) mass is 248 g/mol. The summed E-state index contributed by atoms with van der Waals surface area (Å²) < 4.78 is 30.6. The Balaban J connectivity index is 1.79. The summed E-state index contributed by atoms with van der Waals surface area (Å²) in [6, 6.07) is 0.598. The van der Waals surface area contributed by atoms with Gasteiger partial charge in [0.25, 0.3) is 0 Å². The first kappa shape index (κ1) is 12.3. The van der Waals surface area contributed by atoms with E-state index in [0.717, 1.165) is 6.42 Å². The van der Waals surface area contributed by atoms with Crippen LogP contribution in [-0.4, -0.2) is 57.4 Å². The SMILES string of the molecule is CN(C1CCOC1)S(=O)(=O)CCNC1CC1. The van der Waals surface area contributed by atoms with Gasteiger partial charge in [0.15, 0.2) is 0 Å². The molecule has 2 aliphatic rings. The van der Waals surface area contributed by atoms with Crippen molar-refractivity contribution in [1.29, 1.82) is 0 Å². The van der Waals surface area contributed by atoms with Crippen LogP contribution in [0.3, 0.4) is 0 Å². The zero-order valence-corrected chi connectivity index (χ0v) is 10.5. The lowest BCUT2D eigenvalue weighted by molar-refractivity contribution is 0.181. The fourth-order valence-electron chi connectivity index (χ4n) is 1.86. The highest BCUT2D eigenvalue weighted by atomic mass is 32.2. The molecule has 0 aromatic carbocycles. The Labute approximate surface area is 97.2 Å². The zero-order chi connectivity index (χ0) is 11.6. The van der Waals surface area contributed by atoms with Crippen LogP contribution in [0.2, 0.25) is 0 Å². The molecule has 1 saturated heterocycles. The molecule has 2 fully saturated rings. The van der Waals surface area contributed by atoms with Gasteiger partial charge in [0, 0.05) is 26.2 Å². The summed E-state index contributed by atoms with van der Waals surface area (Å²) >= 11 is 0. The van der Waals surface area contributed by atoms with E-state index in [4.69, 9.17) is 4.74 Å². The average Bonchev–Trinajstić information content (AvgIpc) is 2.90. The fourth-order valence-corrected chi connectivity index (χ4v) is 3.14. The maximum absolute atomic E-state index is 11.9. The molecule has 0 bridgehead atoms. The third kappa shape index (κ3) is 3.16. The topological polar surface area (TPSA) is 58.6 Å². The second-order valence-electron chi connectivity index (χ2n) is 4.58. The molecule has 0 aromatic heterocycles. The standard InChI is InChI=1S/C10H20N2O3S/c1-12(10-4-6-15-8-10)16(13,14)7-5-11-9-2-3-9/h9-11H,2-8H2,1H3. The minimum Gasteiger partial charge on any atom is -0.380 e. The number of rotatable bonds is 6. The third-order valence-corrected chi connectivity index (χ3v) is 5.12. The lowest BCUT2D eigenvalue weighted by atomic mass is 10.3. The highest BCUT2D eigenvalue weighted by Crippen LogP contribution is 2.18. The fraction of sp³-hybridized carbons (Fsp3) is 1.00. The number of hydrogen-bond donors (Lipinski definition) is 1. The molecule has 1 atom stereocenters. The number of nitrogens with one attached hydrogen (secondary N) is 1. The molecule has 0 aromatic rings. The van der Waals surface area contributed by atoms with Crippen LogP contribution >= 0.6 is 0 Å². The molecule has 0 radical (unpaired) electrons. The predicted octanol–water partition coefficient (Wildman–Crippen LogP) is -0.211. The first-order valence-electron chi connectivity index (χ1n) is 5.86. The van der Waals surface area contributed by atoms with E-state index in [-0.39, 0.29) is 11.8 Å². The maximum atomic E-state index is 11.9. The lowest BCUT2D eigenvalue weighted by Crippen LogP contribution is -2.41. The molecule has 16 heavy (non-hydrogen) atoms. The van der Waals surface area contributed by atoms with Crippen LogP contribution in [0.4, 0.5) is 0 Å². The number of sulfonamides is 1. The van der Waals surface area contributed by atoms with Crippen LogP contribution in [0.1, 0.15) is 19.3 Å². The first-order chi connectivity index (χ1) is 7.59. The van der Waals surface area contributed by atoms with E-state index in [1.165, 1.54) is 17.1 Å². The maximum Gasteiger partial charge on any atom is 0.215 e. The van der Waals surface area contributed by atoms with Crippen LogP contribution < -0.4 is 5.32 Å². The van der Waals surface area contributed by atoms with E-state index in [1.807, 2.05) is 0 Å². The summed E-state index contributed by atoms with van der Waals surface area (Å²) in [7, 11) is -1.46. The normalized spacial score (nSPS) is 26.5.